The number of sulfonamides is 1. The summed E-state index contributed by atoms with van der Waals surface area (Å²) in [5.41, 5.74) is 2.05. The van der Waals surface area contributed by atoms with Crippen LogP contribution >= 0.6 is 11.3 Å². The summed E-state index contributed by atoms with van der Waals surface area (Å²) in [4.78, 5) is 16.2. The number of nitrogens with zero attached hydrogens (tertiary/aromatic N) is 2. The van der Waals surface area contributed by atoms with Gasteiger partial charge in [-0.25, -0.2) is 8.42 Å². The van der Waals surface area contributed by atoms with Crippen LogP contribution in [0.15, 0.2) is 64.9 Å². The third kappa shape index (κ3) is 3.80. The second kappa shape index (κ2) is 8.12. The van der Waals surface area contributed by atoms with E-state index in [0.717, 1.165) is 6.42 Å². The molecule has 1 amide bonds. The fourth-order valence-electron chi connectivity index (χ4n) is 3.48. The molecular formula is C22H22N2O4S2. The van der Waals surface area contributed by atoms with E-state index in [1.54, 1.807) is 59.7 Å². The van der Waals surface area contributed by atoms with Crippen molar-refractivity contribution in [3.63, 3.8) is 0 Å². The number of fused-ring (bicyclic) bond motifs is 1. The van der Waals surface area contributed by atoms with Crippen molar-refractivity contribution in [3.05, 3.63) is 76.0 Å². The third-order valence-corrected chi connectivity index (χ3v) is 8.07. The van der Waals surface area contributed by atoms with Gasteiger partial charge in [-0.2, -0.15) is 0 Å². The van der Waals surface area contributed by atoms with Crippen LogP contribution in [0.2, 0.25) is 0 Å². The third-order valence-electron chi connectivity index (χ3n) is 5.27. The Morgan fingerprint density at radius 1 is 1.13 bits per heavy atom. The molecule has 1 aromatic heterocycles. The van der Waals surface area contributed by atoms with Crippen LogP contribution in [0.1, 0.15) is 20.8 Å². The van der Waals surface area contributed by atoms with E-state index in [9.17, 15) is 13.2 Å². The summed E-state index contributed by atoms with van der Waals surface area (Å²) in [5.74, 6) is 0.489. The largest absolute Gasteiger partial charge is 0.497 e. The highest BCUT2D eigenvalue weighted by Gasteiger charge is 2.26. The van der Waals surface area contributed by atoms with Gasteiger partial charge in [0.15, 0.2) is 0 Å². The molecule has 0 radical (unpaired) electrons. The molecule has 0 atom stereocenters. The maximum absolute atomic E-state index is 13.1. The lowest BCUT2D eigenvalue weighted by molar-refractivity contribution is 0.0735. The van der Waals surface area contributed by atoms with Crippen LogP contribution in [0.4, 0.5) is 5.69 Å². The molecular weight excluding hydrogens is 420 g/mol. The van der Waals surface area contributed by atoms with Crippen LogP contribution in [-0.2, 0) is 23.0 Å². The van der Waals surface area contributed by atoms with Gasteiger partial charge in [0, 0.05) is 30.6 Å². The number of carbonyl (C=O) groups excluding carboxylic acids is 1. The number of anilines is 1. The second-order valence-corrected chi connectivity index (χ2v) is 10.0. The molecule has 0 aliphatic carbocycles. The summed E-state index contributed by atoms with van der Waals surface area (Å²) in [5, 5.41) is 2.04. The minimum absolute atomic E-state index is 0.0832. The highest BCUT2D eigenvalue weighted by molar-refractivity contribution is 7.92. The number of thiophene rings is 1. The van der Waals surface area contributed by atoms with Crippen LogP contribution in [0.3, 0.4) is 0 Å². The van der Waals surface area contributed by atoms with E-state index in [4.69, 9.17) is 4.74 Å². The van der Waals surface area contributed by atoms with Crippen molar-refractivity contribution in [1.29, 1.82) is 0 Å². The molecule has 30 heavy (non-hydrogen) atoms. The Hall–Kier alpha value is -2.84. The Morgan fingerprint density at radius 2 is 1.90 bits per heavy atom. The lowest BCUT2D eigenvalue weighted by Gasteiger charge is -2.27. The van der Waals surface area contributed by atoms with Crippen molar-refractivity contribution in [3.8, 4) is 5.75 Å². The average Bonchev–Trinajstić information content (AvgIpc) is 3.26. The van der Waals surface area contributed by atoms with Crippen molar-refractivity contribution in [2.24, 2.45) is 0 Å². The molecule has 0 saturated carbocycles. The molecule has 0 saturated heterocycles. The first-order chi connectivity index (χ1) is 14.4. The summed E-state index contributed by atoms with van der Waals surface area (Å²) in [7, 11) is -0.765. The number of methoxy groups -OCH3 is 1. The number of ether oxygens (including phenoxy) is 1. The number of benzene rings is 2. The summed E-state index contributed by atoms with van der Waals surface area (Å²) in [6.07, 6.45) is 0.830. The quantitative estimate of drug-likeness (QED) is 0.603. The number of carbonyl (C=O) groups is 1. The van der Waals surface area contributed by atoms with Gasteiger partial charge in [0.1, 0.15) is 5.75 Å². The Labute approximate surface area is 180 Å². The Balaban J connectivity index is 1.58. The lowest BCUT2D eigenvalue weighted by Crippen LogP contribution is -2.35. The molecule has 6 nitrogen and oxygen atoms in total. The van der Waals surface area contributed by atoms with E-state index in [1.165, 1.54) is 33.9 Å². The standard InChI is InChI=1S/C22H22N2O4S2/c1-23(18-6-8-19(28-2)9-7-18)30(26,27)20-5-3-4-16(14-20)22(25)24-12-10-21-17(15-24)11-13-29-21/h3-9,11,13-14H,10,12,15H2,1-2H3. The average molecular weight is 443 g/mol. The van der Waals surface area contributed by atoms with E-state index in [0.29, 0.717) is 30.1 Å². The van der Waals surface area contributed by atoms with Gasteiger partial charge < -0.3 is 9.64 Å². The van der Waals surface area contributed by atoms with E-state index < -0.39 is 10.0 Å². The minimum Gasteiger partial charge on any atom is -0.497 e. The molecule has 3 aromatic rings. The molecule has 2 heterocycles. The summed E-state index contributed by atoms with van der Waals surface area (Å²) < 4.78 is 32.6. The fourth-order valence-corrected chi connectivity index (χ4v) is 5.61. The molecule has 156 valence electrons. The molecule has 8 heteroatoms. The SMILES string of the molecule is COc1ccc(N(C)S(=O)(=O)c2cccc(C(=O)N3CCc4sccc4C3)c2)cc1. The van der Waals surface area contributed by atoms with E-state index >= 15 is 0 Å². The molecule has 0 unspecified atom stereocenters. The Morgan fingerprint density at radius 3 is 2.63 bits per heavy atom. The van der Waals surface area contributed by atoms with Gasteiger partial charge in [-0.15, -0.1) is 11.3 Å². The number of hydrogen-bond donors (Lipinski definition) is 0. The first-order valence-corrected chi connectivity index (χ1v) is 11.8. The van der Waals surface area contributed by atoms with Crippen LogP contribution < -0.4 is 9.04 Å². The molecule has 2 aromatic carbocycles. The number of amides is 1. The van der Waals surface area contributed by atoms with Gasteiger partial charge in [-0.3, -0.25) is 9.10 Å². The van der Waals surface area contributed by atoms with Gasteiger partial charge >= 0.3 is 0 Å². The van der Waals surface area contributed by atoms with E-state index in [2.05, 4.69) is 0 Å². The van der Waals surface area contributed by atoms with Crippen LogP contribution in [0.5, 0.6) is 5.75 Å². The van der Waals surface area contributed by atoms with Crippen LogP contribution in [0.25, 0.3) is 0 Å². The van der Waals surface area contributed by atoms with Gasteiger partial charge in [-0.1, -0.05) is 6.07 Å². The fraction of sp³-hybridized carbons (Fsp3) is 0.227. The van der Waals surface area contributed by atoms with E-state index in [-0.39, 0.29) is 10.8 Å². The topological polar surface area (TPSA) is 66.9 Å². The normalized spacial score (nSPS) is 13.6. The second-order valence-electron chi connectivity index (χ2n) is 7.04. The lowest BCUT2D eigenvalue weighted by atomic mass is 10.1. The summed E-state index contributed by atoms with van der Waals surface area (Å²) in [6, 6.07) is 15.1. The molecule has 4 rings (SSSR count). The number of hydrogen-bond acceptors (Lipinski definition) is 5. The van der Waals surface area contributed by atoms with Crippen molar-refractivity contribution in [2.45, 2.75) is 17.9 Å². The van der Waals surface area contributed by atoms with Gasteiger partial charge in [0.2, 0.25) is 0 Å². The van der Waals surface area contributed by atoms with Crippen molar-refractivity contribution < 1.29 is 17.9 Å². The monoisotopic (exact) mass is 442 g/mol. The van der Waals surface area contributed by atoms with Gasteiger partial charge in [-0.05, 0) is 65.9 Å². The summed E-state index contributed by atoms with van der Waals surface area (Å²) >= 11 is 1.71. The predicted octanol–water partition coefficient (Wildman–Crippen LogP) is 3.78. The Kier molecular flexibility index (Phi) is 5.53. The minimum atomic E-state index is -3.81. The molecule has 0 bridgehead atoms. The van der Waals surface area contributed by atoms with Crippen LogP contribution in [-0.4, -0.2) is 39.9 Å². The van der Waals surface area contributed by atoms with Crippen molar-refractivity contribution in [2.75, 3.05) is 25.0 Å². The van der Waals surface area contributed by atoms with Crippen molar-refractivity contribution in [1.82, 2.24) is 4.90 Å². The van der Waals surface area contributed by atoms with Gasteiger partial charge in [0.05, 0.1) is 17.7 Å². The first kappa shape index (κ1) is 20.4. The molecule has 0 fully saturated rings. The molecule has 0 N–H and O–H groups in total. The highest BCUT2D eigenvalue weighted by Crippen LogP contribution is 2.27. The Bertz CT molecular complexity index is 1170. The number of rotatable bonds is 5. The van der Waals surface area contributed by atoms with Gasteiger partial charge in [0.25, 0.3) is 15.9 Å². The molecule has 1 aliphatic rings. The first-order valence-electron chi connectivity index (χ1n) is 9.48. The smallest absolute Gasteiger partial charge is 0.264 e. The maximum Gasteiger partial charge on any atom is 0.264 e. The summed E-state index contributed by atoms with van der Waals surface area (Å²) in [6.45, 7) is 1.19. The zero-order valence-electron chi connectivity index (χ0n) is 16.7. The van der Waals surface area contributed by atoms with Crippen LogP contribution in [0, 0.1) is 0 Å². The molecule has 0 spiro atoms. The van der Waals surface area contributed by atoms with Crippen molar-refractivity contribution >= 4 is 33.0 Å². The predicted molar refractivity (Wildman–Crippen MR) is 118 cm³/mol. The zero-order valence-corrected chi connectivity index (χ0v) is 18.4. The maximum atomic E-state index is 13.1. The van der Waals surface area contributed by atoms with E-state index in [1.807, 2.05) is 11.4 Å². The molecule has 1 aliphatic heterocycles. The highest BCUT2D eigenvalue weighted by atomic mass is 32.2. The zero-order chi connectivity index (χ0) is 21.3.